The van der Waals surface area contributed by atoms with Crippen LogP contribution in [-0.2, 0) is 14.8 Å². The molecule has 31 heavy (non-hydrogen) atoms. The van der Waals surface area contributed by atoms with Crippen molar-refractivity contribution >= 4 is 43.4 Å². The number of aromatic nitrogens is 2. The van der Waals surface area contributed by atoms with Crippen molar-refractivity contribution < 1.29 is 23.0 Å². The molecule has 1 aliphatic heterocycles. The Labute approximate surface area is 184 Å². The number of aromatic amines is 1. The van der Waals surface area contributed by atoms with E-state index in [1.807, 2.05) is 12.1 Å². The van der Waals surface area contributed by atoms with Crippen molar-refractivity contribution in [2.24, 2.45) is 4.99 Å². The molecular formula is C20H22N4O5S2. The summed E-state index contributed by atoms with van der Waals surface area (Å²) in [5, 5.41) is 11.2. The van der Waals surface area contributed by atoms with E-state index in [0.29, 0.717) is 23.5 Å². The van der Waals surface area contributed by atoms with Gasteiger partial charge in [-0.05, 0) is 24.3 Å². The third kappa shape index (κ3) is 4.01. The number of fused-ring (bicyclic) bond motifs is 1. The van der Waals surface area contributed by atoms with Crippen LogP contribution in [0.2, 0.25) is 0 Å². The minimum Gasteiger partial charge on any atom is -0.497 e. The van der Waals surface area contributed by atoms with Gasteiger partial charge in [-0.2, -0.15) is 8.42 Å². The quantitative estimate of drug-likeness (QED) is 0.517. The van der Waals surface area contributed by atoms with E-state index < -0.39 is 16.3 Å². The summed E-state index contributed by atoms with van der Waals surface area (Å²) in [6, 6.07) is 10.1. The second kappa shape index (κ2) is 8.50. The third-order valence-electron chi connectivity index (χ3n) is 4.99. The highest BCUT2D eigenvalue weighted by atomic mass is 32.2. The maximum Gasteiger partial charge on any atom is 0.281 e. The van der Waals surface area contributed by atoms with Gasteiger partial charge in [0, 0.05) is 31.8 Å². The van der Waals surface area contributed by atoms with E-state index in [0.717, 1.165) is 16.1 Å². The SMILES string of the molecule is COc1cc(N(C)S(=O)(=O)c2ccccn2)c2[nH]c(C3=NCC(C(O)OC)S3)cc2c1. The van der Waals surface area contributed by atoms with Crippen LogP contribution < -0.4 is 9.04 Å². The fourth-order valence-corrected chi connectivity index (χ4v) is 5.47. The lowest BCUT2D eigenvalue weighted by Crippen LogP contribution is -2.27. The number of pyridine rings is 1. The summed E-state index contributed by atoms with van der Waals surface area (Å²) in [6.45, 7) is 0.425. The molecule has 0 amide bonds. The fourth-order valence-electron chi connectivity index (χ4n) is 3.29. The van der Waals surface area contributed by atoms with Crippen molar-refractivity contribution in [2.75, 3.05) is 32.1 Å². The predicted octanol–water partition coefficient (Wildman–Crippen LogP) is 2.22. The summed E-state index contributed by atoms with van der Waals surface area (Å²) in [5.74, 6) is 0.518. The van der Waals surface area contributed by atoms with E-state index in [9.17, 15) is 13.5 Å². The highest BCUT2D eigenvalue weighted by Crippen LogP contribution is 2.36. The molecule has 11 heteroatoms. The van der Waals surface area contributed by atoms with Crippen LogP contribution in [0.1, 0.15) is 5.69 Å². The summed E-state index contributed by atoms with van der Waals surface area (Å²) < 4.78 is 37.8. The fraction of sp³-hybridized carbons (Fsp3) is 0.300. The van der Waals surface area contributed by atoms with Crippen LogP contribution in [0, 0.1) is 0 Å². The zero-order chi connectivity index (χ0) is 22.2. The number of aliphatic imine (C=N–C) groups is 1. The van der Waals surface area contributed by atoms with Gasteiger partial charge in [0.05, 0.1) is 35.8 Å². The highest BCUT2D eigenvalue weighted by Gasteiger charge is 2.29. The molecule has 2 unspecified atom stereocenters. The first-order valence-corrected chi connectivity index (χ1v) is 11.7. The molecule has 4 rings (SSSR count). The van der Waals surface area contributed by atoms with Crippen LogP contribution in [0.4, 0.5) is 5.69 Å². The van der Waals surface area contributed by atoms with Crippen molar-refractivity contribution in [1.82, 2.24) is 9.97 Å². The van der Waals surface area contributed by atoms with Crippen molar-refractivity contribution in [2.45, 2.75) is 16.6 Å². The molecule has 0 spiro atoms. The summed E-state index contributed by atoms with van der Waals surface area (Å²) in [7, 11) is 0.572. The average molecular weight is 463 g/mol. The number of H-pyrrole nitrogens is 1. The minimum absolute atomic E-state index is 0.0487. The average Bonchev–Trinajstić information content (AvgIpc) is 3.45. The first-order valence-electron chi connectivity index (χ1n) is 9.38. The zero-order valence-corrected chi connectivity index (χ0v) is 18.8. The van der Waals surface area contributed by atoms with Crippen LogP contribution >= 0.6 is 11.8 Å². The van der Waals surface area contributed by atoms with Gasteiger partial charge < -0.3 is 19.6 Å². The number of rotatable bonds is 7. The molecule has 2 aromatic heterocycles. The molecule has 2 N–H and O–H groups in total. The molecule has 0 aliphatic carbocycles. The van der Waals surface area contributed by atoms with Crippen LogP contribution in [-0.4, -0.2) is 67.9 Å². The minimum atomic E-state index is -3.88. The van der Waals surface area contributed by atoms with Gasteiger partial charge in [0.1, 0.15) is 10.8 Å². The number of hydrogen-bond donors (Lipinski definition) is 2. The molecule has 9 nitrogen and oxygen atoms in total. The first-order chi connectivity index (χ1) is 14.8. The topological polar surface area (TPSA) is 117 Å². The summed E-state index contributed by atoms with van der Waals surface area (Å²) in [4.78, 5) is 11.8. The molecule has 0 saturated carbocycles. The molecule has 0 bridgehead atoms. The van der Waals surface area contributed by atoms with Crippen LogP contribution in [0.5, 0.6) is 5.75 Å². The lowest BCUT2D eigenvalue weighted by atomic mass is 10.2. The monoisotopic (exact) mass is 462 g/mol. The number of methoxy groups -OCH3 is 2. The molecule has 1 aromatic carbocycles. The Hall–Kier alpha value is -2.60. The molecule has 2 atom stereocenters. The van der Waals surface area contributed by atoms with Crippen molar-refractivity contribution in [3.05, 3.63) is 48.3 Å². The van der Waals surface area contributed by atoms with Crippen molar-refractivity contribution in [3.63, 3.8) is 0 Å². The number of sulfonamides is 1. The van der Waals surface area contributed by atoms with E-state index in [1.54, 1.807) is 18.2 Å². The molecule has 0 radical (unpaired) electrons. The van der Waals surface area contributed by atoms with Gasteiger partial charge >= 0.3 is 0 Å². The molecule has 0 saturated heterocycles. The summed E-state index contributed by atoms with van der Waals surface area (Å²) in [6.07, 6.45) is 0.524. The molecule has 1 aliphatic rings. The van der Waals surface area contributed by atoms with E-state index in [1.165, 1.54) is 49.6 Å². The molecule has 3 aromatic rings. The maximum absolute atomic E-state index is 13.1. The number of nitrogens with one attached hydrogen (secondary N) is 1. The van der Waals surface area contributed by atoms with Gasteiger partial charge in [0.2, 0.25) is 0 Å². The Morgan fingerprint density at radius 1 is 1.29 bits per heavy atom. The second-order valence-electron chi connectivity index (χ2n) is 6.86. The highest BCUT2D eigenvalue weighted by molar-refractivity contribution is 8.15. The van der Waals surface area contributed by atoms with Gasteiger partial charge in [-0.1, -0.05) is 17.8 Å². The zero-order valence-electron chi connectivity index (χ0n) is 17.1. The number of aliphatic hydroxyl groups excluding tert-OH is 1. The van der Waals surface area contributed by atoms with Gasteiger partial charge in [0.15, 0.2) is 11.3 Å². The summed E-state index contributed by atoms with van der Waals surface area (Å²) >= 11 is 1.41. The standard InChI is InChI=1S/C20H22N4O5S2/c1-24(31(26,27)17-6-4-5-7-21-17)15-10-13(28-2)8-12-9-14(23-18(12)15)19-22-11-16(30-19)20(25)29-3/h4-10,16,20,23,25H,11H2,1-3H3. The van der Waals surface area contributed by atoms with E-state index in [2.05, 4.69) is 15.0 Å². The van der Waals surface area contributed by atoms with Gasteiger partial charge in [-0.25, -0.2) is 4.98 Å². The Morgan fingerprint density at radius 3 is 2.77 bits per heavy atom. The van der Waals surface area contributed by atoms with E-state index in [4.69, 9.17) is 9.47 Å². The van der Waals surface area contributed by atoms with Gasteiger partial charge in [-0.15, -0.1) is 0 Å². The number of thioether (sulfide) groups is 1. The van der Waals surface area contributed by atoms with Crippen LogP contribution in [0.25, 0.3) is 10.9 Å². The van der Waals surface area contributed by atoms with E-state index in [-0.39, 0.29) is 10.3 Å². The molecule has 0 fully saturated rings. The largest absolute Gasteiger partial charge is 0.497 e. The first kappa shape index (κ1) is 21.6. The Kier molecular flexibility index (Phi) is 5.93. The smallest absolute Gasteiger partial charge is 0.281 e. The Bertz CT molecular complexity index is 1230. The number of ether oxygens (including phenoxy) is 2. The maximum atomic E-state index is 13.1. The van der Waals surface area contributed by atoms with Crippen molar-refractivity contribution in [3.8, 4) is 5.75 Å². The normalized spacial score (nSPS) is 17.5. The molecule has 3 heterocycles. The molecular weight excluding hydrogens is 440 g/mol. The van der Waals surface area contributed by atoms with Crippen molar-refractivity contribution in [1.29, 1.82) is 0 Å². The van der Waals surface area contributed by atoms with Gasteiger partial charge in [0.25, 0.3) is 10.0 Å². The number of aliphatic hydroxyl groups is 1. The predicted molar refractivity (Wildman–Crippen MR) is 120 cm³/mol. The van der Waals surface area contributed by atoms with E-state index >= 15 is 0 Å². The third-order valence-corrected chi connectivity index (χ3v) is 7.93. The number of nitrogens with zero attached hydrogens (tertiary/aromatic N) is 3. The number of anilines is 1. The van der Waals surface area contributed by atoms with Crippen LogP contribution in [0.3, 0.4) is 0 Å². The number of benzene rings is 1. The summed E-state index contributed by atoms with van der Waals surface area (Å²) in [5.41, 5.74) is 1.77. The van der Waals surface area contributed by atoms with Gasteiger partial charge in [-0.3, -0.25) is 9.30 Å². The lowest BCUT2D eigenvalue weighted by molar-refractivity contribution is -0.0713. The lowest BCUT2D eigenvalue weighted by Gasteiger charge is -2.20. The van der Waals surface area contributed by atoms with Crippen LogP contribution in [0.15, 0.2) is 52.6 Å². The Balaban J connectivity index is 1.76. The molecule has 164 valence electrons. The second-order valence-corrected chi connectivity index (χ2v) is 10.0. The Morgan fingerprint density at radius 2 is 2.10 bits per heavy atom. The number of hydrogen-bond acceptors (Lipinski definition) is 8.